The highest BCUT2D eigenvalue weighted by Gasteiger charge is 2.06. The largest absolute Gasteiger partial charge is 0.357 e. The van der Waals surface area contributed by atoms with E-state index in [2.05, 4.69) is 62.6 Å². The van der Waals surface area contributed by atoms with Gasteiger partial charge in [-0.1, -0.05) is 12.1 Å². The fraction of sp³-hybridized carbons (Fsp3) is 0.476. The molecule has 0 radical (unpaired) electrons. The number of nitrogens with zero attached hydrogens (tertiary/aromatic N) is 4. The molecule has 28 heavy (non-hydrogen) atoms. The van der Waals surface area contributed by atoms with Crippen LogP contribution in [-0.4, -0.2) is 40.1 Å². The molecule has 0 bridgehead atoms. The minimum Gasteiger partial charge on any atom is -0.357 e. The maximum Gasteiger partial charge on any atom is 0.191 e. The summed E-state index contributed by atoms with van der Waals surface area (Å²) in [5, 5.41) is 10.1. The van der Waals surface area contributed by atoms with Gasteiger partial charge < -0.3 is 15.2 Å². The maximum atomic E-state index is 4.72. The molecule has 0 atom stereocenters. The number of aromatic nitrogens is 3. The fourth-order valence-electron chi connectivity index (χ4n) is 3.20. The zero-order valence-corrected chi connectivity index (χ0v) is 17.9. The van der Waals surface area contributed by atoms with Crippen LogP contribution in [0.25, 0.3) is 11.0 Å². The average Bonchev–Trinajstić information content (AvgIpc) is 3.24. The number of hydrogen-bond donors (Lipinski definition) is 2. The summed E-state index contributed by atoms with van der Waals surface area (Å²) in [5.74, 6) is 1.96. The van der Waals surface area contributed by atoms with Crippen LogP contribution in [0.15, 0.2) is 34.6 Å². The van der Waals surface area contributed by atoms with Crippen LogP contribution in [-0.2, 0) is 13.0 Å². The highest BCUT2D eigenvalue weighted by atomic mass is 32.1. The standard InChI is InChI=1S/C21H30N6S/c1-4-22-21(23-12-7-11-20-25-16(2)15-28-20)24-13-8-14-27-17(3)26-18-9-5-6-10-19(18)27/h5-6,9-10,15H,4,7-8,11-14H2,1-3H3,(H2,22,23,24). The van der Waals surface area contributed by atoms with Crippen LogP contribution in [0.2, 0.25) is 0 Å². The molecule has 6 nitrogen and oxygen atoms in total. The number of fused-ring (bicyclic) bond motifs is 1. The van der Waals surface area contributed by atoms with Crippen LogP contribution < -0.4 is 10.6 Å². The van der Waals surface area contributed by atoms with Gasteiger partial charge in [-0.15, -0.1) is 11.3 Å². The van der Waals surface area contributed by atoms with E-state index < -0.39 is 0 Å². The van der Waals surface area contributed by atoms with E-state index in [1.165, 1.54) is 10.5 Å². The average molecular weight is 399 g/mol. The lowest BCUT2D eigenvalue weighted by Crippen LogP contribution is -2.38. The molecule has 0 spiro atoms. The van der Waals surface area contributed by atoms with Gasteiger partial charge >= 0.3 is 0 Å². The third kappa shape index (κ3) is 5.55. The third-order valence-electron chi connectivity index (χ3n) is 4.53. The third-order valence-corrected chi connectivity index (χ3v) is 5.55. The molecule has 0 amide bonds. The van der Waals surface area contributed by atoms with E-state index in [-0.39, 0.29) is 0 Å². The molecule has 3 aromatic rings. The minimum atomic E-state index is 0.785. The van der Waals surface area contributed by atoms with Crippen molar-refractivity contribution in [1.82, 2.24) is 25.2 Å². The number of aryl methyl sites for hydroxylation is 4. The smallest absolute Gasteiger partial charge is 0.191 e. The van der Waals surface area contributed by atoms with Crippen molar-refractivity contribution >= 4 is 28.3 Å². The van der Waals surface area contributed by atoms with Gasteiger partial charge in [0, 0.05) is 43.7 Å². The summed E-state index contributed by atoms with van der Waals surface area (Å²) in [6.45, 7) is 9.68. The van der Waals surface area contributed by atoms with Crippen molar-refractivity contribution in [3.05, 3.63) is 46.2 Å². The summed E-state index contributed by atoms with van der Waals surface area (Å²) in [4.78, 5) is 13.9. The van der Waals surface area contributed by atoms with E-state index in [1.807, 2.05) is 13.0 Å². The number of imidazole rings is 1. The Hall–Kier alpha value is -2.41. The normalized spacial score (nSPS) is 11.9. The first-order chi connectivity index (χ1) is 13.7. The number of thiazole rings is 1. The molecule has 0 fully saturated rings. The number of guanidine groups is 1. The lowest BCUT2D eigenvalue weighted by molar-refractivity contribution is 0.645. The van der Waals surface area contributed by atoms with E-state index in [1.54, 1.807) is 11.3 Å². The van der Waals surface area contributed by atoms with Crippen LogP contribution in [0, 0.1) is 13.8 Å². The lowest BCUT2D eigenvalue weighted by atomic mass is 10.3. The Morgan fingerprint density at radius 2 is 2.00 bits per heavy atom. The number of nitrogens with one attached hydrogen (secondary N) is 2. The number of aliphatic imine (C=N–C) groups is 1. The minimum absolute atomic E-state index is 0.785. The van der Waals surface area contributed by atoms with Gasteiger partial charge in [0.05, 0.1) is 16.0 Å². The number of hydrogen-bond acceptors (Lipinski definition) is 4. The van der Waals surface area contributed by atoms with Crippen molar-refractivity contribution in [2.75, 3.05) is 19.6 Å². The summed E-state index contributed by atoms with van der Waals surface area (Å²) < 4.78 is 2.28. The molecule has 0 aliphatic heterocycles. The van der Waals surface area contributed by atoms with Gasteiger partial charge in [0.2, 0.25) is 0 Å². The van der Waals surface area contributed by atoms with E-state index in [0.717, 1.165) is 68.4 Å². The second kappa shape index (κ2) is 10.2. The first-order valence-electron chi connectivity index (χ1n) is 10.0. The van der Waals surface area contributed by atoms with Crippen molar-refractivity contribution in [2.45, 2.75) is 46.6 Å². The zero-order chi connectivity index (χ0) is 19.8. The SMILES string of the molecule is CCNC(=NCCCn1c(C)nc2ccccc21)NCCCc1nc(C)cs1. The predicted octanol–water partition coefficient (Wildman–Crippen LogP) is 3.69. The number of para-hydroxylation sites is 2. The molecule has 3 rings (SSSR count). The number of benzene rings is 1. The van der Waals surface area contributed by atoms with Gasteiger partial charge in [-0.25, -0.2) is 9.97 Å². The highest BCUT2D eigenvalue weighted by molar-refractivity contribution is 7.09. The first kappa shape index (κ1) is 20.3. The molecule has 1 aromatic carbocycles. The molecule has 2 heterocycles. The Balaban J connectivity index is 1.45. The van der Waals surface area contributed by atoms with E-state index in [0.29, 0.717) is 0 Å². The summed E-state index contributed by atoms with van der Waals surface area (Å²) >= 11 is 1.74. The monoisotopic (exact) mass is 398 g/mol. The maximum absolute atomic E-state index is 4.72. The van der Waals surface area contributed by atoms with Crippen molar-refractivity contribution in [3.63, 3.8) is 0 Å². The Morgan fingerprint density at radius 1 is 1.14 bits per heavy atom. The van der Waals surface area contributed by atoms with Gasteiger partial charge in [-0.3, -0.25) is 4.99 Å². The molecule has 0 saturated carbocycles. The molecule has 150 valence electrons. The molecular weight excluding hydrogens is 368 g/mol. The topological polar surface area (TPSA) is 67.1 Å². The molecule has 7 heteroatoms. The van der Waals surface area contributed by atoms with E-state index in [4.69, 9.17) is 4.99 Å². The van der Waals surface area contributed by atoms with Crippen molar-refractivity contribution in [1.29, 1.82) is 0 Å². The molecule has 0 saturated heterocycles. The molecule has 0 aliphatic carbocycles. The predicted molar refractivity (Wildman–Crippen MR) is 118 cm³/mol. The number of rotatable bonds is 9. The van der Waals surface area contributed by atoms with Crippen LogP contribution in [0.4, 0.5) is 0 Å². The Labute approximate surface area is 171 Å². The molecule has 0 aliphatic rings. The van der Waals surface area contributed by atoms with Crippen LogP contribution in [0.3, 0.4) is 0 Å². The molecular formula is C21H30N6S. The van der Waals surface area contributed by atoms with Crippen LogP contribution >= 0.6 is 11.3 Å². The van der Waals surface area contributed by atoms with E-state index in [9.17, 15) is 0 Å². The Kier molecular flexibility index (Phi) is 7.42. The van der Waals surface area contributed by atoms with Gasteiger partial charge in [-0.05, 0) is 45.7 Å². The molecule has 2 N–H and O–H groups in total. The van der Waals surface area contributed by atoms with Crippen molar-refractivity contribution < 1.29 is 0 Å². The van der Waals surface area contributed by atoms with Gasteiger partial charge in [0.25, 0.3) is 0 Å². The lowest BCUT2D eigenvalue weighted by Gasteiger charge is -2.11. The molecule has 2 aromatic heterocycles. The summed E-state index contributed by atoms with van der Waals surface area (Å²) in [6.07, 6.45) is 3.05. The first-order valence-corrected chi connectivity index (χ1v) is 10.9. The second-order valence-corrected chi connectivity index (χ2v) is 7.77. The van der Waals surface area contributed by atoms with Gasteiger partial charge in [0.1, 0.15) is 5.82 Å². The summed E-state index contributed by atoms with van der Waals surface area (Å²) in [6, 6.07) is 8.30. The van der Waals surface area contributed by atoms with Crippen LogP contribution in [0.5, 0.6) is 0 Å². The Bertz CT molecular complexity index is 911. The highest BCUT2D eigenvalue weighted by Crippen LogP contribution is 2.15. The summed E-state index contributed by atoms with van der Waals surface area (Å²) in [5.41, 5.74) is 3.38. The van der Waals surface area contributed by atoms with Crippen molar-refractivity contribution in [2.24, 2.45) is 4.99 Å². The molecule has 0 unspecified atom stereocenters. The van der Waals surface area contributed by atoms with Gasteiger partial charge in [0.15, 0.2) is 5.96 Å². The fourth-order valence-corrected chi connectivity index (χ4v) is 4.02. The summed E-state index contributed by atoms with van der Waals surface area (Å²) in [7, 11) is 0. The van der Waals surface area contributed by atoms with Gasteiger partial charge in [-0.2, -0.15) is 0 Å². The second-order valence-electron chi connectivity index (χ2n) is 6.83. The quantitative estimate of drug-likeness (QED) is 0.328. The van der Waals surface area contributed by atoms with E-state index >= 15 is 0 Å². The Morgan fingerprint density at radius 3 is 2.79 bits per heavy atom. The van der Waals surface area contributed by atoms with Crippen LogP contribution in [0.1, 0.15) is 36.3 Å². The van der Waals surface area contributed by atoms with Crippen molar-refractivity contribution in [3.8, 4) is 0 Å². The zero-order valence-electron chi connectivity index (χ0n) is 17.0.